The van der Waals surface area contributed by atoms with Crippen molar-refractivity contribution in [3.63, 3.8) is 0 Å². The lowest BCUT2D eigenvalue weighted by Crippen LogP contribution is -1.89. The molecule has 140 valence electrons. The van der Waals surface area contributed by atoms with Gasteiger partial charge in [-0.25, -0.2) is 0 Å². The Kier molecular flexibility index (Phi) is 25.8. The zero-order valence-electron chi connectivity index (χ0n) is 14.4. The summed E-state index contributed by atoms with van der Waals surface area (Å²) in [6.07, 6.45) is 5.53. The minimum atomic E-state index is -3.81. The average molecular weight is 400 g/mol. The van der Waals surface area contributed by atoms with Crippen molar-refractivity contribution in [2.75, 3.05) is 0 Å². The van der Waals surface area contributed by atoms with Crippen molar-refractivity contribution in [3.05, 3.63) is 0 Å². The minimum absolute atomic E-state index is 0.833. The fourth-order valence-electron chi connectivity index (χ4n) is 0.757. The van der Waals surface area contributed by atoms with Gasteiger partial charge in [-0.1, -0.05) is 67.2 Å². The summed E-state index contributed by atoms with van der Waals surface area (Å²) < 4.78 is 0. The van der Waals surface area contributed by atoms with Gasteiger partial charge in [-0.3, -0.25) is 0 Å². The van der Waals surface area contributed by atoms with E-state index in [4.69, 9.17) is 29.4 Å². The Hall–Kier alpha value is 1.06. The predicted molar refractivity (Wildman–Crippen MR) is 101 cm³/mol. The summed E-state index contributed by atoms with van der Waals surface area (Å²) in [6.45, 7) is 5.73. The van der Waals surface area contributed by atoms with Gasteiger partial charge in [0.05, 0.1) is 0 Å². The van der Waals surface area contributed by atoms with Crippen LogP contribution in [-0.4, -0.2) is 29.4 Å². The van der Waals surface area contributed by atoms with Crippen molar-refractivity contribution < 1.29 is 29.4 Å². The van der Waals surface area contributed by atoms with Crippen molar-refractivity contribution in [2.24, 2.45) is 11.8 Å². The molecule has 0 aliphatic carbocycles. The molecule has 0 amide bonds. The summed E-state index contributed by atoms with van der Waals surface area (Å²) in [6, 6.07) is 0. The number of unbranched alkanes of at least 4 members (excludes halogenated alkanes) is 1. The van der Waals surface area contributed by atoms with E-state index in [1.165, 1.54) is 25.7 Å². The normalized spacial score (nSPS) is 12.0. The van der Waals surface area contributed by atoms with E-state index < -0.39 is 13.4 Å². The van der Waals surface area contributed by atoms with Gasteiger partial charge in [0.1, 0.15) is 0 Å². The number of hydrogen-bond acceptors (Lipinski definition) is 2. The first-order chi connectivity index (χ1) is 9.54. The zero-order valence-corrected chi connectivity index (χ0v) is 17.8. The van der Waals surface area contributed by atoms with Gasteiger partial charge in [0.2, 0.25) is 0 Å². The summed E-state index contributed by atoms with van der Waals surface area (Å²) in [5, 5.41) is 0. The van der Waals surface area contributed by atoms with Crippen LogP contribution in [0.1, 0.15) is 67.2 Å². The van der Waals surface area contributed by atoms with E-state index in [0.29, 0.717) is 0 Å². The molecule has 22 heavy (non-hydrogen) atoms. The minimum Gasteiger partial charge on any atom is -0.325 e. The fraction of sp³-hybridized carbons (Fsp3) is 1.00. The highest BCUT2D eigenvalue weighted by Crippen LogP contribution is 2.26. The molecule has 0 aliphatic rings. The lowest BCUT2D eigenvalue weighted by atomic mass is 10.0. The Labute approximate surface area is 145 Å². The van der Waals surface area contributed by atoms with Gasteiger partial charge < -0.3 is 29.4 Å². The maximum atomic E-state index is 7.56. The van der Waals surface area contributed by atoms with Crippen LogP contribution in [0.4, 0.5) is 0 Å². The van der Waals surface area contributed by atoms with Gasteiger partial charge in [-0.15, -0.1) is 0 Å². The quantitative estimate of drug-likeness (QED) is 0.398. The molecule has 0 radical (unpaired) electrons. The summed E-state index contributed by atoms with van der Waals surface area (Å²) in [7, 11) is 0. The Morgan fingerprint density at radius 2 is 1.00 bits per heavy atom. The Morgan fingerprint density at radius 1 is 0.773 bits per heavy atom. The molecular formula is C12H34O6P2S2. The molecule has 0 heterocycles. The molecule has 10 heteroatoms. The average Bonchev–Trinajstić information content (AvgIpc) is 2.20. The highest BCUT2D eigenvalue weighted by molar-refractivity contribution is 8.06. The van der Waals surface area contributed by atoms with E-state index in [2.05, 4.69) is 65.2 Å². The Bertz CT molecular complexity index is 265. The maximum Gasteiger partial charge on any atom is 0.319 e. The van der Waals surface area contributed by atoms with Crippen LogP contribution in [-0.2, 0) is 23.6 Å². The first-order valence-electron chi connectivity index (χ1n) is 7.11. The van der Waals surface area contributed by atoms with E-state index in [-0.39, 0.29) is 0 Å². The van der Waals surface area contributed by atoms with Gasteiger partial charge in [-0.2, -0.15) is 0 Å². The van der Waals surface area contributed by atoms with E-state index in [1.54, 1.807) is 0 Å². The first kappa shape index (κ1) is 30.9. The second-order valence-electron chi connectivity index (χ2n) is 5.41. The van der Waals surface area contributed by atoms with Crippen LogP contribution in [0.25, 0.3) is 0 Å². The molecule has 0 saturated carbocycles. The van der Waals surface area contributed by atoms with Crippen LogP contribution >= 0.6 is 13.4 Å². The van der Waals surface area contributed by atoms with E-state index in [1.807, 2.05) is 0 Å². The molecule has 0 aliphatic heterocycles. The number of rotatable bonds is 4. The smallest absolute Gasteiger partial charge is 0.319 e. The molecule has 6 nitrogen and oxygen atoms in total. The van der Waals surface area contributed by atoms with Gasteiger partial charge in [0, 0.05) is 0 Å². The third kappa shape index (κ3) is 170. The maximum absolute atomic E-state index is 7.56. The molecule has 0 fully saturated rings. The van der Waals surface area contributed by atoms with Gasteiger partial charge in [0.15, 0.2) is 0 Å². The summed E-state index contributed by atoms with van der Waals surface area (Å²) in [4.78, 5) is 45.3. The molecule has 0 spiro atoms. The second kappa shape index (κ2) is 18.4. The number of hydrogen-bond donors (Lipinski definition) is 6. The summed E-state index contributed by atoms with van der Waals surface area (Å²) >= 11 is 7.21. The molecule has 0 aromatic rings. The lowest BCUT2D eigenvalue weighted by molar-refractivity contribution is 0.361. The molecule has 0 rings (SSSR count). The highest BCUT2D eigenvalue weighted by Gasteiger charge is 1.94. The third-order valence-corrected chi connectivity index (χ3v) is 1.75. The van der Waals surface area contributed by atoms with Gasteiger partial charge >= 0.3 is 13.4 Å². The Balaban J connectivity index is -0.000000102. The zero-order chi connectivity index (χ0) is 19.0. The molecular weight excluding hydrogens is 366 g/mol. The topological polar surface area (TPSA) is 121 Å². The van der Waals surface area contributed by atoms with Crippen molar-refractivity contribution in [1.29, 1.82) is 0 Å². The van der Waals surface area contributed by atoms with E-state index >= 15 is 0 Å². The monoisotopic (exact) mass is 400 g/mol. The van der Waals surface area contributed by atoms with Gasteiger partial charge in [0.25, 0.3) is 0 Å². The fourth-order valence-corrected chi connectivity index (χ4v) is 0.757. The molecule has 0 bridgehead atoms. The first-order valence-corrected chi connectivity index (χ1v) is 12.4. The van der Waals surface area contributed by atoms with Crippen LogP contribution < -0.4 is 0 Å². The standard InChI is InChI=1S/C8H18.C4H10.2H3O3PS/c1-4-6-7-8(3)5-2;1-4(2)3;2*1-4(2,3)5/h8H,4-7H2,1-3H3;4H,1-3H3;2*(H3,1,2,3,5). The van der Waals surface area contributed by atoms with Gasteiger partial charge in [-0.05, 0) is 35.4 Å². The second-order valence-corrected chi connectivity index (χ2v) is 10.4. The largest absolute Gasteiger partial charge is 0.325 e. The third-order valence-electron chi connectivity index (χ3n) is 1.75. The van der Waals surface area contributed by atoms with Crippen molar-refractivity contribution in [3.8, 4) is 0 Å². The Morgan fingerprint density at radius 3 is 1.14 bits per heavy atom. The summed E-state index contributed by atoms with van der Waals surface area (Å²) in [5.74, 6) is 1.79. The van der Waals surface area contributed by atoms with Crippen LogP contribution in [0.3, 0.4) is 0 Å². The van der Waals surface area contributed by atoms with Crippen LogP contribution in [0.15, 0.2) is 0 Å². The summed E-state index contributed by atoms with van der Waals surface area (Å²) in [5.41, 5.74) is 0. The van der Waals surface area contributed by atoms with Crippen molar-refractivity contribution >= 4 is 37.1 Å². The molecule has 0 saturated heterocycles. The van der Waals surface area contributed by atoms with Crippen LogP contribution in [0.2, 0.25) is 0 Å². The predicted octanol–water partition coefficient (Wildman–Crippen LogP) is 3.26. The SMILES string of the molecule is CC(C)C.CCCCC(C)CC.OP(O)(O)=S.OP(O)(O)=S. The molecule has 1 unspecified atom stereocenters. The van der Waals surface area contributed by atoms with E-state index in [0.717, 1.165) is 11.8 Å². The van der Waals surface area contributed by atoms with Crippen LogP contribution in [0, 0.1) is 11.8 Å². The highest BCUT2D eigenvalue weighted by atomic mass is 32.5. The molecule has 1 atom stereocenters. The van der Waals surface area contributed by atoms with Crippen molar-refractivity contribution in [1.82, 2.24) is 0 Å². The molecule has 6 N–H and O–H groups in total. The lowest BCUT2D eigenvalue weighted by Gasteiger charge is -2.04. The molecule has 0 aromatic heterocycles. The molecule has 0 aromatic carbocycles. The van der Waals surface area contributed by atoms with Crippen LogP contribution in [0.5, 0.6) is 0 Å². The van der Waals surface area contributed by atoms with E-state index in [9.17, 15) is 0 Å². The van der Waals surface area contributed by atoms with Crippen molar-refractivity contribution in [2.45, 2.75) is 67.2 Å².